The molecule has 0 unspecified atom stereocenters. The summed E-state index contributed by atoms with van der Waals surface area (Å²) in [7, 11) is -0.880. The molecule has 0 amide bonds. The summed E-state index contributed by atoms with van der Waals surface area (Å²) in [6, 6.07) is 8.25. The quantitative estimate of drug-likeness (QED) is 0.158. The van der Waals surface area contributed by atoms with Crippen LogP contribution in [0.2, 0.25) is 0 Å². The second-order valence-corrected chi connectivity index (χ2v) is 17.1. The van der Waals surface area contributed by atoms with Crippen LogP contribution >= 0.6 is 15.8 Å². The van der Waals surface area contributed by atoms with E-state index >= 15 is 0 Å². The van der Waals surface area contributed by atoms with Crippen molar-refractivity contribution in [1.82, 2.24) is 0 Å². The molecule has 0 aromatic carbocycles. The van der Waals surface area contributed by atoms with Gasteiger partial charge in [0.05, 0.1) is 20.4 Å². The van der Waals surface area contributed by atoms with Crippen LogP contribution in [-0.4, -0.2) is 16.0 Å². The van der Waals surface area contributed by atoms with Crippen molar-refractivity contribution in [3.8, 4) is 0 Å². The van der Waals surface area contributed by atoms with E-state index in [1.807, 2.05) is 12.1 Å². The molecule has 0 radical (unpaired) electrons. The van der Waals surface area contributed by atoms with Crippen LogP contribution in [0.25, 0.3) is 0 Å². The van der Waals surface area contributed by atoms with E-state index in [9.17, 15) is 0 Å². The van der Waals surface area contributed by atoms with Gasteiger partial charge in [0.15, 0.2) is 0 Å². The molecule has 0 bridgehead atoms. The molecule has 0 aliphatic heterocycles. The number of furan rings is 2. The topological polar surface area (TPSA) is 26.3 Å². The van der Waals surface area contributed by atoms with Crippen LogP contribution in [0.5, 0.6) is 0 Å². The van der Waals surface area contributed by atoms with Gasteiger partial charge in [0.2, 0.25) is 0 Å². The summed E-state index contributed by atoms with van der Waals surface area (Å²) in [5, 5.41) is 2.25. The molecule has 0 spiro atoms. The van der Waals surface area contributed by atoms with Gasteiger partial charge in [-0.15, -0.1) is 0 Å². The molecular formula is C30H48FeO2P2. The Kier molecular flexibility index (Phi) is 14.7. The Morgan fingerprint density at radius 2 is 1.26 bits per heavy atom. The Hall–Kier alpha value is -0.581. The first kappa shape index (κ1) is 34.4. The van der Waals surface area contributed by atoms with Gasteiger partial charge < -0.3 is 23.7 Å². The minimum Gasteiger partial charge on any atom is -0.464 e. The van der Waals surface area contributed by atoms with Crippen molar-refractivity contribution in [2.75, 3.05) is 0 Å². The van der Waals surface area contributed by atoms with Crippen molar-refractivity contribution in [3.63, 3.8) is 0 Å². The Labute approximate surface area is 229 Å². The fourth-order valence-electron chi connectivity index (χ4n) is 5.54. The van der Waals surface area contributed by atoms with Crippen LogP contribution in [0.15, 0.2) is 68.7 Å². The van der Waals surface area contributed by atoms with Crippen molar-refractivity contribution >= 4 is 26.8 Å². The smallest absolute Gasteiger partial charge is 0.464 e. The molecule has 0 saturated carbocycles. The van der Waals surface area contributed by atoms with E-state index in [2.05, 4.69) is 72.8 Å². The predicted molar refractivity (Wildman–Crippen MR) is 156 cm³/mol. The maximum absolute atomic E-state index is 5.89. The van der Waals surface area contributed by atoms with Crippen LogP contribution in [0, 0.1) is 14.9 Å². The van der Waals surface area contributed by atoms with Crippen molar-refractivity contribution in [3.05, 3.63) is 74.7 Å². The van der Waals surface area contributed by atoms with E-state index in [1.165, 1.54) is 38.5 Å². The van der Waals surface area contributed by atoms with E-state index in [4.69, 9.17) is 8.83 Å². The third kappa shape index (κ3) is 9.04. The molecule has 2 aliphatic carbocycles. The maximum atomic E-state index is 5.89. The summed E-state index contributed by atoms with van der Waals surface area (Å²) in [6.07, 6.45) is 15.7. The van der Waals surface area contributed by atoms with Gasteiger partial charge in [-0.25, -0.2) is 0 Å². The first-order valence-electron chi connectivity index (χ1n) is 12.1. The predicted octanol–water partition coefficient (Wildman–Crippen LogP) is 9.84. The van der Waals surface area contributed by atoms with E-state index in [0.29, 0.717) is 16.0 Å². The molecular weight excluding hydrogens is 510 g/mol. The van der Waals surface area contributed by atoms with Crippen molar-refractivity contribution in [1.29, 1.82) is 0 Å². The SMILES string of the molecule is C1=CCCC1.C[C@H](C1=C(P(c2ccco2)c2ccco2)CCC1)P(C(C)(C)C)C(C)(C)C.[CH3-].[CH3-].[Fe+2]. The fraction of sp³-hybridized carbons (Fsp3) is 0.533. The fourth-order valence-corrected chi connectivity index (χ4v) is 13.1. The molecule has 35 heavy (non-hydrogen) atoms. The zero-order valence-corrected chi connectivity index (χ0v) is 26.4. The summed E-state index contributed by atoms with van der Waals surface area (Å²) in [4.78, 5) is 0. The Bertz CT molecular complexity index is 830. The van der Waals surface area contributed by atoms with E-state index in [0.717, 1.165) is 11.0 Å². The average Bonchev–Trinajstić information content (AvgIpc) is 3.48. The monoisotopic (exact) mass is 558 g/mol. The molecule has 0 saturated heterocycles. The van der Waals surface area contributed by atoms with Crippen LogP contribution in [0.3, 0.4) is 0 Å². The van der Waals surface area contributed by atoms with Crippen molar-refractivity contribution in [2.45, 2.75) is 103 Å². The van der Waals surface area contributed by atoms with E-state index < -0.39 is 7.92 Å². The Morgan fingerprint density at radius 1 is 0.771 bits per heavy atom. The van der Waals surface area contributed by atoms with E-state index in [1.54, 1.807) is 23.4 Å². The summed E-state index contributed by atoms with van der Waals surface area (Å²) in [6.45, 7) is 17.1. The van der Waals surface area contributed by atoms with Gasteiger partial charge in [-0.1, -0.05) is 74.1 Å². The first-order chi connectivity index (χ1) is 15.1. The number of hydrogen-bond donors (Lipinski definition) is 0. The van der Waals surface area contributed by atoms with E-state index in [-0.39, 0.29) is 39.8 Å². The van der Waals surface area contributed by atoms with Gasteiger partial charge >= 0.3 is 17.1 Å². The summed E-state index contributed by atoms with van der Waals surface area (Å²) in [5.74, 6) is 0. The zero-order chi connectivity index (χ0) is 23.4. The van der Waals surface area contributed by atoms with Crippen molar-refractivity contribution in [2.24, 2.45) is 0 Å². The first-order valence-corrected chi connectivity index (χ1v) is 14.9. The molecule has 0 N–H and O–H groups in total. The third-order valence-corrected chi connectivity index (χ3v) is 12.6. The zero-order valence-electron chi connectivity index (χ0n) is 23.5. The third-order valence-electron chi connectivity index (χ3n) is 6.20. The molecule has 4 rings (SSSR count). The number of allylic oxidation sites excluding steroid dienone is 4. The van der Waals surface area contributed by atoms with Crippen LogP contribution in [0.1, 0.15) is 87.0 Å². The van der Waals surface area contributed by atoms with Crippen LogP contribution in [-0.2, 0) is 17.1 Å². The Balaban J connectivity index is 0.00000129. The van der Waals surface area contributed by atoms with Gasteiger partial charge in [0, 0.05) is 0 Å². The molecule has 2 aliphatic rings. The molecule has 2 aromatic heterocycles. The summed E-state index contributed by atoms with van der Waals surface area (Å²) >= 11 is 0. The molecule has 1 atom stereocenters. The number of hydrogen-bond acceptors (Lipinski definition) is 2. The minimum absolute atomic E-state index is 0. The van der Waals surface area contributed by atoms with Gasteiger partial charge in [-0.2, -0.15) is 0 Å². The van der Waals surface area contributed by atoms with Gasteiger partial charge in [-0.05, 0) is 84.1 Å². The Morgan fingerprint density at radius 3 is 1.60 bits per heavy atom. The maximum Gasteiger partial charge on any atom is 2.00 e. The van der Waals surface area contributed by atoms with Crippen LogP contribution < -0.4 is 11.0 Å². The van der Waals surface area contributed by atoms with Crippen LogP contribution in [0.4, 0.5) is 0 Å². The normalized spacial score (nSPS) is 16.4. The largest absolute Gasteiger partial charge is 2.00 e. The second kappa shape index (κ2) is 15.0. The summed E-state index contributed by atoms with van der Waals surface area (Å²) in [5.41, 5.74) is 4.44. The average molecular weight is 559 g/mol. The molecule has 2 heterocycles. The molecule has 198 valence electrons. The molecule has 2 aromatic rings. The minimum atomic E-state index is -0.690. The molecule has 0 fully saturated rings. The molecule has 2 nitrogen and oxygen atoms in total. The van der Waals surface area contributed by atoms with Gasteiger partial charge in [0.25, 0.3) is 0 Å². The van der Waals surface area contributed by atoms with Gasteiger partial charge in [0.1, 0.15) is 11.0 Å². The standard InChI is InChI=1S/C23H34O2P2.C5H8.2CH3.Fe/c1-17(27(22(2,3)4)23(5,6)7)18-11-8-12-19(18)26(20-13-9-15-24-20)21-14-10-16-25-21;1-2-4-5-3-1;;;/h9-10,13-17H,8,11-12H2,1-7H3;1-2H,3-5H2;2*1H3;/q;;2*-1;+2/t17-;;;;/m1..../s1. The van der Waals surface area contributed by atoms with Gasteiger partial charge in [-0.3, -0.25) is 0 Å². The second-order valence-electron chi connectivity index (χ2n) is 10.9. The van der Waals surface area contributed by atoms with Crippen molar-refractivity contribution < 1.29 is 25.9 Å². The summed E-state index contributed by atoms with van der Waals surface area (Å²) < 4.78 is 11.8. The molecule has 5 heteroatoms. The number of rotatable bonds is 5.